The zero-order chi connectivity index (χ0) is 12.1. The van der Waals surface area contributed by atoms with Gasteiger partial charge in [0.2, 0.25) is 11.8 Å². The van der Waals surface area contributed by atoms with Crippen LogP contribution in [0.4, 0.5) is 0 Å². The molecule has 1 unspecified atom stereocenters. The summed E-state index contributed by atoms with van der Waals surface area (Å²) < 4.78 is 5.29. The van der Waals surface area contributed by atoms with Gasteiger partial charge in [0.05, 0.1) is 32.2 Å². The highest BCUT2D eigenvalue weighted by atomic mass is 16.5. The molecule has 0 saturated carbocycles. The fourth-order valence-electron chi connectivity index (χ4n) is 1.45. The SMILES string of the molecule is C=C(C)CCOCCN1C(=O)CC(N)C1=O. The maximum absolute atomic E-state index is 11.4. The number of nitrogens with two attached hydrogens (primary N) is 1. The highest BCUT2D eigenvalue weighted by molar-refractivity contribution is 6.05. The van der Waals surface area contributed by atoms with Crippen LogP contribution in [0.25, 0.3) is 0 Å². The van der Waals surface area contributed by atoms with Crippen LogP contribution in [-0.2, 0) is 14.3 Å². The molecule has 1 aliphatic rings. The number of carbonyl (C=O) groups is 2. The molecule has 0 aromatic rings. The van der Waals surface area contributed by atoms with Crippen molar-refractivity contribution in [3.05, 3.63) is 12.2 Å². The van der Waals surface area contributed by atoms with E-state index in [2.05, 4.69) is 6.58 Å². The standard InChI is InChI=1S/C11H18N2O3/c1-8(2)3-5-16-6-4-13-10(14)7-9(12)11(13)15/h9H,1,3-7,12H2,2H3. The minimum Gasteiger partial charge on any atom is -0.379 e. The number of nitrogens with zero attached hydrogens (tertiary/aromatic N) is 1. The molecule has 1 aliphatic heterocycles. The molecule has 90 valence electrons. The van der Waals surface area contributed by atoms with Gasteiger partial charge in [-0.1, -0.05) is 5.57 Å². The number of carbonyl (C=O) groups excluding carboxylic acids is 2. The second-order valence-electron chi connectivity index (χ2n) is 4.01. The Morgan fingerprint density at radius 2 is 2.25 bits per heavy atom. The fraction of sp³-hybridized carbons (Fsp3) is 0.636. The minimum absolute atomic E-state index is 0.116. The molecule has 0 bridgehead atoms. The number of ether oxygens (including phenoxy) is 1. The molecular formula is C11H18N2O3. The number of rotatable bonds is 6. The van der Waals surface area contributed by atoms with E-state index < -0.39 is 6.04 Å². The van der Waals surface area contributed by atoms with Crippen LogP contribution < -0.4 is 5.73 Å². The summed E-state index contributed by atoms with van der Waals surface area (Å²) in [5.41, 5.74) is 6.52. The van der Waals surface area contributed by atoms with E-state index in [1.54, 1.807) is 0 Å². The molecule has 16 heavy (non-hydrogen) atoms. The van der Waals surface area contributed by atoms with Gasteiger partial charge in [0, 0.05) is 0 Å². The summed E-state index contributed by atoms with van der Waals surface area (Å²) in [6, 6.07) is -0.664. The second kappa shape index (κ2) is 5.77. The van der Waals surface area contributed by atoms with Crippen molar-refractivity contribution in [2.24, 2.45) is 5.73 Å². The van der Waals surface area contributed by atoms with Crippen molar-refractivity contribution in [3.8, 4) is 0 Å². The van der Waals surface area contributed by atoms with Gasteiger partial charge in [0.1, 0.15) is 0 Å². The van der Waals surface area contributed by atoms with Crippen LogP contribution >= 0.6 is 0 Å². The van der Waals surface area contributed by atoms with E-state index in [1.807, 2.05) is 6.92 Å². The minimum atomic E-state index is -0.664. The van der Waals surface area contributed by atoms with Gasteiger partial charge in [-0.05, 0) is 13.3 Å². The normalized spacial score (nSPS) is 20.6. The zero-order valence-electron chi connectivity index (χ0n) is 9.57. The summed E-state index contributed by atoms with van der Waals surface area (Å²) in [6.07, 6.45) is 0.909. The average Bonchev–Trinajstić information content (AvgIpc) is 2.43. The molecule has 0 aromatic heterocycles. The molecule has 5 heteroatoms. The van der Waals surface area contributed by atoms with Crippen molar-refractivity contribution in [3.63, 3.8) is 0 Å². The van der Waals surface area contributed by atoms with E-state index >= 15 is 0 Å². The summed E-state index contributed by atoms with van der Waals surface area (Å²) in [7, 11) is 0. The molecule has 0 spiro atoms. The van der Waals surface area contributed by atoms with Crippen molar-refractivity contribution in [2.75, 3.05) is 19.8 Å². The van der Waals surface area contributed by atoms with Crippen LogP contribution in [0.3, 0.4) is 0 Å². The topological polar surface area (TPSA) is 72.6 Å². The van der Waals surface area contributed by atoms with Crippen LogP contribution in [0.15, 0.2) is 12.2 Å². The lowest BCUT2D eigenvalue weighted by Crippen LogP contribution is -2.37. The van der Waals surface area contributed by atoms with Crippen LogP contribution in [0.1, 0.15) is 19.8 Å². The van der Waals surface area contributed by atoms with Crippen molar-refractivity contribution >= 4 is 11.8 Å². The van der Waals surface area contributed by atoms with E-state index in [1.165, 1.54) is 4.90 Å². The van der Waals surface area contributed by atoms with Gasteiger partial charge in [-0.25, -0.2) is 0 Å². The molecule has 1 heterocycles. The number of imide groups is 1. The lowest BCUT2D eigenvalue weighted by atomic mass is 10.3. The lowest BCUT2D eigenvalue weighted by Gasteiger charge is -2.14. The second-order valence-corrected chi connectivity index (χ2v) is 4.01. The Bertz CT molecular complexity index is 302. The number of likely N-dealkylation sites (tertiary alicyclic amines) is 1. The summed E-state index contributed by atoms with van der Waals surface area (Å²) in [4.78, 5) is 23.9. The Labute approximate surface area is 95.2 Å². The molecule has 5 nitrogen and oxygen atoms in total. The van der Waals surface area contributed by atoms with Crippen LogP contribution in [0, 0.1) is 0 Å². The van der Waals surface area contributed by atoms with Gasteiger partial charge in [0.15, 0.2) is 0 Å². The zero-order valence-corrected chi connectivity index (χ0v) is 9.57. The summed E-state index contributed by atoms with van der Waals surface area (Å²) >= 11 is 0. The molecule has 1 atom stereocenters. The first-order chi connectivity index (χ1) is 7.52. The smallest absolute Gasteiger partial charge is 0.246 e. The number of amides is 2. The third kappa shape index (κ3) is 3.43. The summed E-state index contributed by atoms with van der Waals surface area (Å²) in [5.74, 6) is -0.505. The molecule has 2 amide bonds. The van der Waals surface area contributed by atoms with E-state index in [4.69, 9.17) is 10.5 Å². The van der Waals surface area contributed by atoms with Gasteiger partial charge in [0.25, 0.3) is 0 Å². The van der Waals surface area contributed by atoms with Crippen LogP contribution in [0.5, 0.6) is 0 Å². The van der Waals surface area contributed by atoms with Crippen molar-refractivity contribution in [1.29, 1.82) is 0 Å². The molecular weight excluding hydrogens is 208 g/mol. The summed E-state index contributed by atoms with van der Waals surface area (Å²) in [5, 5.41) is 0. The third-order valence-electron chi connectivity index (χ3n) is 2.41. The molecule has 1 saturated heterocycles. The average molecular weight is 226 g/mol. The maximum Gasteiger partial charge on any atom is 0.246 e. The van der Waals surface area contributed by atoms with Gasteiger partial charge in [-0.2, -0.15) is 0 Å². The monoisotopic (exact) mass is 226 g/mol. The van der Waals surface area contributed by atoms with Crippen molar-refractivity contribution in [1.82, 2.24) is 4.90 Å². The first kappa shape index (κ1) is 12.9. The first-order valence-electron chi connectivity index (χ1n) is 5.34. The highest BCUT2D eigenvalue weighted by Crippen LogP contribution is 2.10. The van der Waals surface area contributed by atoms with E-state index in [-0.39, 0.29) is 18.2 Å². The first-order valence-corrected chi connectivity index (χ1v) is 5.34. The fourth-order valence-corrected chi connectivity index (χ4v) is 1.45. The lowest BCUT2D eigenvalue weighted by molar-refractivity contribution is -0.139. The molecule has 2 N–H and O–H groups in total. The Hall–Kier alpha value is -1.20. The molecule has 1 rings (SSSR count). The van der Waals surface area contributed by atoms with Crippen LogP contribution in [0.2, 0.25) is 0 Å². The van der Waals surface area contributed by atoms with Crippen LogP contribution in [-0.4, -0.2) is 42.5 Å². The Balaban J connectivity index is 2.20. The predicted octanol–water partition coefficient (Wildman–Crippen LogP) is 0.0554. The molecule has 0 aliphatic carbocycles. The largest absolute Gasteiger partial charge is 0.379 e. The molecule has 0 aromatic carbocycles. The van der Waals surface area contributed by atoms with Crippen molar-refractivity contribution in [2.45, 2.75) is 25.8 Å². The maximum atomic E-state index is 11.4. The number of hydrogen-bond acceptors (Lipinski definition) is 4. The van der Waals surface area contributed by atoms with Gasteiger partial charge in [-0.3, -0.25) is 14.5 Å². The van der Waals surface area contributed by atoms with Gasteiger partial charge < -0.3 is 10.5 Å². The highest BCUT2D eigenvalue weighted by Gasteiger charge is 2.35. The Kier molecular flexibility index (Phi) is 4.64. The van der Waals surface area contributed by atoms with Gasteiger partial charge >= 0.3 is 0 Å². The van der Waals surface area contributed by atoms with Crippen molar-refractivity contribution < 1.29 is 14.3 Å². The number of hydrogen-bond donors (Lipinski definition) is 1. The Morgan fingerprint density at radius 3 is 2.75 bits per heavy atom. The van der Waals surface area contributed by atoms with E-state index in [9.17, 15) is 9.59 Å². The Morgan fingerprint density at radius 1 is 1.56 bits per heavy atom. The third-order valence-corrected chi connectivity index (χ3v) is 2.41. The molecule has 0 radical (unpaired) electrons. The quantitative estimate of drug-likeness (QED) is 0.395. The predicted molar refractivity (Wildman–Crippen MR) is 59.6 cm³/mol. The van der Waals surface area contributed by atoms with E-state index in [0.29, 0.717) is 19.8 Å². The summed E-state index contributed by atoms with van der Waals surface area (Å²) in [6.45, 7) is 6.89. The molecule has 1 fully saturated rings. The van der Waals surface area contributed by atoms with Gasteiger partial charge in [-0.15, -0.1) is 6.58 Å². The van der Waals surface area contributed by atoms with E-state index in [0.717, 1.165) is 12.0 Å².